The first-order valence-electron chi connectivity index (χ1n) is 25.5. The molecule has 382 valence electrons. The summed E-state index contributed by atoms with van der Waals surface area (Å²) in [4.78, 5) is 71.6. The predicted octanol–water partition coefficient (Wildman–Crippen LogP) is 7.00. The molecule has 5 aliphatic heterocycles. The molecule has 7 unspecified atom stereocenters. The smallest absolute Gasteiger partial charge is 0.329 e. The summed E-state index contributed by atoms with van der Waals surface area (Å²) in [6.07, 6.45) is -0.761. The van der Waals surface area contributed by atoms with E-state index >= 15 is 19.2 Å². The Morgan fingerprint density at radius 2 is 1.47 bits per heavy atom. The Bertz CT molecular complexity index is 3160. The van der Waals surface area contributed by atoms with Crippen LogP contribution in [0.25, 0.3) is 0 Å². The number of imide groups is 1. The number of morpholine rings is 1. The van der Waals surface area contributed by atoms with Gasteiger partial charge in [-0.05, 0) is 71.1 Å². The van der Waals surface area contributed by atoms with Gasteiger partial charge in [-0.1, -0.05) is 127 Å². The highest BCUT2D eigenvalue weighted by molar-refractivity contribution is 6.24. The van der Waals surface area contributed by atoms with Crippen molar-refractivity contribution >= 4 is 29.5 Å². The number of urea groups is 1. The number of piperazine rings is 1. The maximum Gasteiger partial charge on any atom is 0.329 e. The molecule has 3 saturated heterocycles. The molecule has 0 aromatic heterocycles. The molecule has 3 fully saturated rings. The lowest BCUT2D eigenvalue weighted by atomic mass is 9.64. The molecule has 1 spiro atoms. The number of amides is 4. The van der Waals surface area contributed by atoms with Crippen molar-refractivity contribution in [3.8, 4) is 29.1 Å². The van der Waals surface area contributed by atoms with E-state index in [1.54, 1.807) is 35.2 Å². The predicted molar refractivity (Wildman–Crippen MR) is 277 cm³/mol. The highest BCUT2D eigenvalue weighted by Crippen LogP contribution is 2.67. The lowest BCUT2D eigenvalue weighted by Gasteiger charge is -2.46. The second-order valence-electron chi connectivity index (χ2n) is 19.4. The van der Waals surface area contributed by atoms with Gasteiger partial charge in [0.25, 0.3) is 0 Å². The van der Waals surface area contributed by atoms with E-state index in [4.69, 9.17) is 18.9 Å². The zero-order valence-corrected chi connectivity index (χ0v) is 41.4. The lowest BCUT2D eigenvalue weighted by Crippen LogP contribution is -2.59. The number of anilines is 1. The summed E-state index contributed by atoms with van der Waals surface area (Å²) in [7, 11) is 0. The van der Waals surface area contributed by atoms with E-state index in [0.29, 0.717) is 59.1 Å². The molecule has 5 heterocycles. The number of hydrogen-bond acceptors (Lipinski definition) is 12. The number of benzene rings is 6. The fourth-order valence-electron chi connectivity index (χ4n) is 11.8. The molecule has 6 aromatic carbocycles. The zero-order valence-electron chi connectivity index (χ0n) is 41.4. The standard InChI is InChI=1S/C60H57N5O10/c1-39(42-16-5-2-6-17-42)61-59(71)64-47-26-24-40(15-13-14-32-66)35-46(47)60(58(64)70)51(56(68)63-30-28-62(29-31-63)37-41-25-27-49-50(36-41)74-38-73-49)53-57(69)75-54(44-20-9-4-10-21-44)52(43-18-7-3-8-19-43)65(53)55(60)45-22-11-12-23-48(45)72-34-33-67/h2-12,16-27,35-36,39,51-55,66-67H,14,28-34,37-38H2,1H3,(H,61,71). The molecular formula is C60H57N5O10. The highest BCUT2D eigenvalue weighted by atomic mass is 16.7. The maximum absolute atomic E-state index is 16.9. The molecule has 0 saturated carbocycles. The number of aliphatic hydroxyl groups excluding tert-OH is 2. The van der Waals surface area contributed by atoms with Crippen LogP contribution >= 0.6 is 0 Å². The number of ether oxygens (including phenoxy) is 4. The Morgan fingerprint density at radius 1 is 0.773 bits per heavy atom. The number of aliphatic hydroxyl groups is 2. The summed E-state index contributed by atoms with van der Waals surface area (Å²) < 4.78 is 24.3. The van der Waals surface area contributed by atoms with Crippen molar-refractivity contribution in [3.63, 3.8) is 0 Å². The second kappa shape index (κ2) is 21.1. The highest BCUT2D eigenvalue weighted by Gasteiger charge is 2.76. The van der Waals surface area contributed by atoms with Gasteiger partial charge in [-0.25, -0.2) is 9.69 Å². The zero-order chi connectivity index (χ0) is 51.6. The minimum Gasteiger partial charge on any atom is -0.491 e. The summed E-state index contributed by atoms with van der Waals surface area (Å²) in [5, 5.41) is 23.1. The SMILES string of the molecule is CC(NC(=O)N1C(=O)C2(c3cc(C#CCCO)ccc31)C(C(=O)N1CCN(Cc3ccc4c(c3)OCO4)CC1)C1C(=O)OC(c3ccccc3)C(c3ccccc3)N1C2c1ccccc1OCCO)c1ccccc1. The third-order valence-electron chi connectivity index (χ3n) is 15.1. The first-order valence-corrected chi connectivity index (χ1v) is 25.5. The Morgan fingerprint density at radius 3 is 2.20 bits per heavy atom. The molecule has 5 aliphatic rings. The van der Waals surface area contributed by atoms with E-state index in [0.717, 1.165) is 21.6 Å². The van der Waals surface area contributed by atoms with Gasteiger partial charge in [0, 0.05) is 50.3 Å². The molecule has 0 radical (unpaired) electrons. The number of carbonyl (C=O) groups excluding carboxylic acids is 4. The normalized spacial score (nSPS) is 23.2. The number of rotatable bonds is 12. The van der Waals surface area contributed by atoms with E-state index < -0.39 is 65.4 Å². The van der Waals surface area contributed by atoms with Gasteiger partial charge in [0.15, 0.2) is 11.5 Å². The number of nitrogens with one attached hydrogen (secondary N) is 1. The van der Waals surface area contributed by atoms with Crippen molar-refractivity contribution in [2.24, 2.45) is 5.92 Å². The van der Waals surface area contributed by atoms with Crippen molar-refractivity contribution in [2.75, 3.05) is 57.7 Å². The van der Waals surface area contributed by atoms with Crippen molar-refractivity contribution in [1.82, 2.24) is 20.0 Å². The van der Waals surface area contributed by atoms with Gasteiger partial charge in [0.1, 0.15) is 29.9 Å². The number of esters is 1. The van der Waals surface area contributed by atoms with Gasteiger partial charge in [0.05, 0.1) is 42.9 Å². The van der Waals surface area contributed by atoms with Gasteiger partial charge in [-0.3, -0.25) is 24.2 Å². The third-order valence-corrected chi connectivity index (χ3v) is 15.1. The van der Waals surface area contributed by atoms with Gasteiger partial charge < -0.3 is 39.4 Å². The summed E-state index contributed by atoms with van der Waals surface area (Å²) in [6.45, 7) is 3.46. The first-order chi connectivity index (χ1) is 36.7. The monoisotopic (exact) mass is 1010 g/mol. The molecule has 15 heteroatoms. The van der Waals surface area contributed by atoms with E-state index in [-0.39, 0.29) is 51.8 Å². The summed E-state index contributed by atoms with van der Waals surface area (Å²) >= 11 is 0. The van der Waals surface area contributed by atoms with E-state index in [9.17, 15) is 10.2 Å². The van der Waals surface area contributed by atoms with Gasteiger partial charge in [-0.15, -0.1) is 0 Å². The fraction of sp³-hybridized carbons (Fsp3) is 0.300. The molecule has 15 nitrogen and oxygen atoms in total. The molecule has 11 rings (SSSR count). The Balaban J connectivity index is 1.13. The molecule has 7 atom stereocenters. The molecule has 0 aliphatic carbocycles. The summed E-state index contributed by atoms with van der Waals surface area (Å²) in [6, 6.07) is 41.9. The van der Waals surface area contributed by atoms with Crippen molar-refractivity contribution in [2.45, 2.75) is 55.6 Å². The lowest BCUT2D eigenvalue weighted by molar-refractivity contribution is -0.179. The van der Waals surface area contributed by atoms with Crippen LogP contribution in [0, 0.1) is 17.8 Å². The molecule has 0 bridgehead atoms. The largest absolute Gasteiger partial charge is 0.491 e. The molecule has 3 N–H and O–H groups in total. The number of nitrogens with zero attached hydrogens (tertiary/aromatic N) is 4. The van der Waals surface area contributed by atoms with E-state index in [1.165, 1.54) is 0 Å². The van der Waals surface area contributed by atoms with Gasteiger partial charge >= 0.3 is 12.0 Å². The van der Waals surface area contributed by atoms with Crippen LogP contribution in [0.15, 0.2) is 152 Å². The number of para-hydroxylation sites is 1. The summed E-state index contributed by atoms with van der Waals surface area (Å²) in [5.41, 5.74) is 2.68. The van der Waals surface area contributed by atoms with Crippen molar-refractivity contribution < 1.29 is 48.3 Å². The van der Waals surface area contributed by atoms with E-state index in [2.05, 4.69) is 22.1 Å². The molecule has 6 aromatic rings. The Kier molecular flexibility index (Phi) is 13.8. The number of hydrogen-bond donors (Lipinski definition) is 3. The average Bonchev–Trinajstić information content (AvgIpc) is 4.21. The van der Waals surface area contributed by atoms with E-state index in [1.807, 2.05) is 133 Å². The quantitative estimate of drug-likeness (QED) is 0.0849. The van der Waals surface area contributed by atoms with Gasteiger partial charge in [-0.2, -0.15) is 0 Å². The van der Waals surface area contributed by atoms with Crippen molar-refractivity contribution in [3.05, 3.63) is 191 Å². The molecule has 75 heavy (non-hydrogen) atoms. The minimum atomic E-state index is -2.06. The molecule has 4 amide bonds. The topological polar surface area (TPSA) is 171 Å². The fourth-order valence-corrected chi connectivity index (χ4v) is 11.8. The van der Waals surface area contributed by atoms with Crippen LogP contribution in [-0.4, -0.2) is 108 Å². The maximum atomic E-state index is 16.9. The number of carbonyl (C=O) groups is 4. The van der Waals surface area contributed by atoms with Crippen molar-refractivity contribution in [1.29, 1.82) is 0 Å². The van der Waals surface area contributed by atoms with Gasteiger partial charge in [0.2, 0.25) is 18.6 Å². The Hall–Kier alpha value is -8.00. The Labute approximate surface area is 435 Å². The van der Waals surface area contributed by atoms with Crippen LogP contribution in [0.2, 0.25) is 0 Å². The minimum absolute atomic E-state index is 0.100. The second-order valence-corrected chi connectivity index (χ2v) is 19.4. The van der Waals surface area contributed by atoms with Crippen LogP contribution in [0.1, 0.15) is 76.5 Å². The van der Waals surface area contributed by atoms with Crippen LogP contribution < -0.4 is 24.4 Å². The number of cyclic esters (lactones) is 1. The van der Waals surface area contributed by atoms with Crippen LogP contribution in [0.4, 0.5) is 10.5 Å². The van der Waals surface area contributed by atoms with Crippen LogP contribution in [0.5, 0.6) is 17.2 Å². The summed E-state index contributed by atoms with van der Waals surface area (Å²) in [5.74, 6) is 4.47. The molecular weight excluding hydrogens is 951 g/mol. The number of fused-ring (bicyclic) bond motifs is 4. The first kappa shape index (κ1) is 49.2. The van der Waals surface area contributed by atoms with Crippen LogP contribution in [0.3, 0.4) is 0 Å². The van der Waals surface area contributed by atoms with Crippen LogP contribution in [-0.2, 0) is 31.1 Å². The average molecular weight is 1010 g/mol. The third kappa shape index (κ3) is 8.93.